The minimum Gasteiger partial charge on any atom is -0.478 e. The molecule has 4 nitrogen and oxygen atoms in total. The number of rotatable bonds is 2. The van der Waals surface area contributed by atoms with Crippen molar-refractivity contribution in [1.82, 2.24) is 4.98 Å². The Hall–Kier alpha value is -2.31. The van der Waals surface area contributed by atoms with E-state index in [0.29, 0.717) is 10.9 Å². The summed E-state index contributed by atoms with van der Waals surface area (Å²) in [5.41, 5.74) is 0.317. The van der Waals surface area contributed by atoms with Gasteiger partial charge in [0.15, 0.2) is 0 Å². The molecule has 0 saturated carbocycles. The second-order valence-corrected chi connectivity index (χ2v) is 5.86. The summed E-state index contributed by atoms with van der Waals surface area (Å²) in [6.07, 6.45) is -0.351. The van der Waals surface area contributed by atoms with Crippen LogP contribution in [0, 0.1) is 11.7 Å². The predicted octanol–water partition coefficient (Wildman–Crippen LogP) is 3.55. The number of hydrogen-bond donors (Lipinski definition) is 1. The first kappa shape index (κ1) is 15.6. The van der Waals surface area contributed by atoms with Crippen molar-refractivity contribution in [2.45, 2.75) is 19.3 Å². The molecule has 0 radical (unpaired) electrons. The van der Waals surface area contributed by atoms with E-state index in [9.17, 15) is 23.1 Å². The monoisotopic (exact) mass is 324 g/mol. The zero-order valence-electron chi connectivity index (χ0n) is 12.4. The van der Waals surface area contributed by atoms with Gasteiger partial charge in [-0.1, -0.05) is 6.92 Å². The standard InChI is InChI=1S/C16H15F3N2O2/c1-9-8-21(5-4-16(9,18)19)14-12(15(22)23)7-10-6-11(17)2-3-13(10)20-14/h2-3,6-7,9H,4-5,8H2,1H3,(H,22,23). The lowest BCUT2D eigenvalue weighted by atomic mass is 9.95. The van der Waals surface area contributed by atoms with Crippen LogP contribution in [0.4, 0.5) is 19.0 Å². The lowest BCUT2D eigenvalue weighted by Gasteiger charge is -2.37. The van der Waals surface area contributed by atoms with Crippen molar-refractivity contribution in [1.29, 1.82) is 0 Å². The Morgan fingerprint density at radius 3 is 2.78 bits per heavy atom. The van der Waals surface area contributed by atoms with Crippen LogP contribution in [-0.2, 0) is 0 Å². The van der Waals surface area contributed by atoms with E-state index in [0.717, 1.165) is 0 Å². The number of benzene rings is 1. The maximum absolute atomic E-state index is 13.6. The van der Waals surface area contributed by atoms with E-state index in [1.54, 1.807) is 4.90 Å². The van der Waals surface area contributed by atoms with E-state index in [-0.39, 0.29) is 30.9 Å². The van der Waals surface area contributed by atoms with Gasteiger partial charge in [-0.2, -0.15) is 0 Å². The van der Waals surface area contributed by atoms with E-state index in [2.05, 4.69) is 4.98 Å². The zero-order valence-corrected chi connectivity index (χ0v) is 12.4. The minimum absolute atomic E-state index is 0.0208. The van der Waals surface area contributed by atoms with Gasteiger partial charge in [0, 0.05) is 30.8 Å². The maximum atomic E-state index is 13.6. The molecule has 1 fully saturated rings. The van der Waals surface area contributed by atoms with E-state index in [4.69, 9.17) is 0 Å². The predicted molar refractivity (Wildman–Crippen MR) is 79.6 cm³/mol. The molecule has 122 valence electrons. The van der Waals surface area contributed by atoms with Crippen LogP contribution in [0.2, 0.25) is 0 Å². The van der Waals surface area contributed by atoms with Crippen LogP contribution in [-0.4, -0.2) is 35.1 Å². The van der Waals surface area contributed by atoms with Crippen LogP contribution < -0.4 is 4.90 Å². The topological polar surface area (TPSA) is 53.4 Å². The van der Waals surface area contributed by atoms with E-state index in [1.807, 2.05) is 0 Å². The number of carbonyl (C=O) groups is 1. The lowest BCUT2D eigenvalue weighted by molar-refractivity contribution is -0.0652. The molecule has 2 aromatic rings. The second-order valence-electron chi connectivity index (χ2n) is 5.86. The molecule has 3 rings (SSSR count). The SMILES string of the molecule is CC1CN(c2nc3ccc(F)cc3cc2C(=O)O)CCC1(F)F. The Morgan fingerprint density at radius 2 is 2.13 bits per heavy atom. The van der Waals surface area contributed by atoms with Gasteiger partial charge in [-0.25, -0.2) is 22.9 Å². The fourth-order valence-corrected chi connectivity index (χ4v) is 2.81. The number of fused-ring (bicyclic) bond motifs is 1. The van der Waals surface area contributed by atoms with Crippen LogP contribution in [0.5, 0.6) is 0 Å². The summed E-state index contributed by atoms with van der Waals surface area (Å²) in [5, 5.41) is 9.75. The van der Waals surface area contributed by atoms with E-state index < -0.39 is 23.6 Å². The molecule has 1 aliphatic heterocycles. The van der Waals surface area contributed by atoms with E-state index >= 15 is 0 Å². The highest BCUT2D eigenvalue weighted by molar-refractivity contribution is 5.98. The van der Waals surface area contributed by atoms with Crippen molar-refractivity contribution in [2.24, 2.45) is 5.92 Å². The number of alkyl halides is 2. The van der Waals surface area contributed by atoms with E-state index in [1.165, 1.54) is 31.2 Å². The van der Waals surface area contributed by atoms with Crippen LogP contribution in [0.1, 0.15) is 23.7 Å². The van der Waals surface area contributed by atoms with Gasteiger partial charge < -0.3 is 10.0 Å². The molecule has 2 heterocycles. The Balaban J connectivity index is 2.07. The number of hydrogen-bond acceptors (Lipinski definition) is 3. The third-order valence-corrected chi connectivity index (χ3v) is 4.22. The average molecular weight is 324 g/mol. The molecule has 7 heteroatoms. The number of halogens is 3. The van der Waals surface area contributed by atoms with Crippen LogP contribution >= 0.6 is 0 Å². The van der Waals surface area contributed by atoms with Gasteiger partial charge in [-0.15, -0.1) is 0 Å². The number of piperidine rings is 1. The molecular formula is C16H15F3N2O2. The highest BCUT2D eigenvalue weighted by Crippen LogP contribution is 2.36. The van der Waals surface area contributed by atoms with Crippen molar-refractivity contribution in [2.75, 3.05) is 18.0 Å². The molecule has 1 unspecified atom stereocenters. The fourth-order valence-electron chi connectivity index (χ4n) is 2.81. The quantitative estimate of drug-likeness (QED) is 0.918. The van der Waals surface area contributed by atoms with Gasteiger partial charge in [-0.05, 0) is 24.3 Å². The number of aromatic nitrogens is 1. The third kappa shape index (κ3) is 2.83. The molecule has 1 N–H and O–H groups in total. The van der Waals surface area contributed by atoms with Crippen molar-refractivity contribution < 1.29 is 23.1 Å². The minimum atomic E-state index is -2.76. The molecule has 1 saturated heterocycles. The normalized spacial score (nSPS) is 20.7. The number of carboxylic acids is 1. The summed E-state index contributed by atoms with van der Waals surface area (Å²) >= 11 is 0. The molecule has 1 aliphatic rings. The smallest absolute Gasteiger partial charge is 0.339 e. The summed E-state index contributed by atoms with van der Waals surface area (Å²) in [4.78, 5) is 17.3. The van der Waals surface area contributed by atoms with Gasteiger partial charge in [0.2, 0.25) is 0 Å². The Morgan fingerprint density at radius 1 is 1.39 bits per heavy atom. The molecule has 0 bridgehead atoms. The van der Waals surface area contributed by atoms with Gasteiger partial charge in [0.1, 0.15) is 17.2 Å². The number of carboxylic acid groups (broad SMARTS) is 1. The van der Waals surface area contributed by atoms with Crippen molar-refractivity contribution in [3.05, 3.63) is 35.6 Å². The Kier molecular flexibility index (Phi) is 3.66. The molecule has 0 amide bonds. The number of anilines is 1. The largest absolute Gasteiger partial charge is 0.478 e. The highest BCUT2D eigenvalue weighted by atomic mass is 19.3. The number of nitrogens with zero attached hydrogens (tertiary/aromatic N) is 2. The first-order valence-corrected chi connectivity index (χ1v) is 7.24. The first-order valence-electron chi connectivity index (χ1n) is 7.24. The summed E-state index contributed by atoms with van der Waals surface area (Å²) in [6, 6.07) is 5.21. The summed E-state index contributed by atoms with van der Waals surface area (Å²) < 4.78 is 40.6. The van der Waals surface area contributed by atoms with Crippen LogP contribution in [0.3, 0.4) is 0 Å². The molecule has 1 aromatic carbocycles. The van der Waals surface area contributed by atoms with Gasteiger partial charge in [0.05, 0.1) is 5.52 Å². The second kappa shape index (κ2) is 5.40. The third-order valence-electron chi connectivity index (χ3n) is 4.22. The summed E-state index contributed by atoms with van der Waals surface area (Å²) in [5.74, 6) is -5.22. The summed E-state index contributed by atoms with van der Waals surface area (Å²) in [7, 11) is 0. The fraction of sp³-hybridized carbons (Fsp3) is 0.375. The summed E-state index contributed by atoms with van der Waals surface area (Å²) in [6.45, 7) is 1.48. The molecule has 1 aromatic heterocycles. The Bertz CT molecular complexity index is 779. The highest BCUT2D eigenvalue weighted by Gasteiger charge is 2.42. The zero-order chi connectivity index (χ0) is 16.8. The van der Waals surface area contributed by atoms with Crippen molar-refractivity contribution >= 4 is 22.7 Å². The van der Waals surface area contributed by atoms with Crippen LogP contribution in [0.15, 0.2) is 24.3 Å². The van der Waals surface area contributed by atoms with Gasteiger partial charge in [-0.3, -0.25) is 0 Å². The Labute approximate surface area is 130 Å². The van der Waals surface area contributed by atoms with Crippen molar-refractivity contribution in [3.8, 4) is 0 Å². The van der Waals surface area contributed by atoms with Gasteiger partial charge >= 0.3 is 5.97 Å². The molecule has 0 aliphatic carbocycles. The van der Waals surface area contributed by atoms with Gasteiger partial charge in [0.25, 0.3) is 5.92 Å². The maximum Gasteiger partial charge on any atom is 0.339 e. The van der Waals surface area contributed by atoms with Crippen molar-refractivity contribution in [3.63, 3.8) is 0 Å². The van der Waals surface area contributed by atoms with Crippen LogP contribution in [0.25, 0.3) is 10.9 Å². The molecule has 23 heavy (non-hydrogen) atoms. The molecule has 0 spiro atoms. The number of aromatic carboxylic acids is 1. The lowest BCUT2D eigenvalue weighted by Crippen LogP contribution is -2.46. The number of pyridine rings is 1. The molecule has 1 atom stereocenters. The first-order chi connectivity index (χ1) is 10.8. The molecular weight excluding hydrogens is 309 g/mol. The average Bonchev–Trinajstić information content (AvgIpc) is 2.48.